The van der Waals surface area contributed by atoms with Crippen LogP contribution in [0.3, 0.4) is 0 Å². The molecule has 4 nitrogen and oxygen atoms in total. The highest BCUT2D eigenvalue weighted by Crippen LogP contribution is 2.25. The Labute approximate surface area is 88.3 Å². The van der Waals surface area contributed by atoms with Crippen LogP contribution in [0.25, 0.3) is 0 Å². The fourth-order valence-corrected chi connectivity index (χ4v) is 1.41. The molecule has 0 fully saturated rings. The minimum Gasteiger partial charge on any atom is -0.258 e. The van der Waals surface area contributed by atoms with Crippen LogP contribution >= 0.6 is 0 Å². The number of nitrogens with zero attached hydrogens (tertiary/aromatic N) is 2. The maximum Gasteiger partial charge on any atom is 0.269 e. The van der Waals surface area contributed by atoms with E-state index in [1.807, 2.05) is 13.8 Å². The summed E-state index contributed by atoms with van der Waals surface area (Å²) >= 11 is 0. The van der Waals surface area contributed by atoms with Gasteiger partial charge in [0.1, 0.15) is 0 Å². The van der Waals surface area contributed by atoms with Crippen LogP contribution < -0.4 is 0 Å². The summed E-state index contributed by atoms with van der Waals surface area (Å²) in [7, 11) is 0. The molecule has 0 unspecified atom stereocenters. The van der Waals surface area contributed by atoms with Crippen LogP contribution in [0.5, 0.6) is 0 Å². The lowest BCUT2D eigenvalue weighted by atomic mass is 9.90. The van der Waals surface area contributed by atoms with E-state index in [9.17, 15) is 10.1 Å². The number of hydrogen-bond acceptors (Lipinski definition) is 3. The average Bonchev–Trinajstić information content (AvgIpc) is 2.19. The second-order valence-electron chi connectivity index (χ2n) is 3.70. The van der Waals surface area contributed by atoms with Gasteiger partial charge in [0.15, 0.2) is 0 Å². The van der Waals surface area contributed by atoms with Gasteiger partial charge in [-0.15, -0.1) is 0 Å². The summed E-state index contributed by atoms with van der Waals surface area (Å²) in [6.07, 6.45) is 0. The molecular weight excluding hydrogens is 192 g/mol. The van der Waals surface area contributed by atoms with E-state index in [0.717, 1.165) is 5.56 Å². The molecule has 0 heterocycles. The predicted octanol–water partition coefficient (Wildman–Crippen LogP) is 2.86. The summed E-state index contributed by atoms with van der Waals surface area (Å²) in [6.45, 7) is 3.91. The topological polar surface area (TPSA) is 66.9 Å². The number of nitro benzene ring substituents is 1. The Morgan fingerprint density at radius 3 is 2.20 bits per heavy atom. The first kappa shape index (κ1) is 11.2. The Balaban J connectivity index is 2.98. The molecular formula is C11H12N2O2. The molecule has 0 aliphatic rings. The fraction of sp³-hybridized carbons (Fsp3) is 0.364. The van der Waals surface area contributed by atoms with Crippen LogP contribution in [-0.2, 0) is 0 Å². The standard InChI is InChI=1S/C11H12N2O2/c1-8(2)11(7-12)9-3-5-10(6-4-9)13(14)15/h3-6,8,11H,1-2H3/t11-/m1/s1. The van der Waals surface area contributed by atoms with Gasteiger partial charge in [-0.05, 0) is 11.5 Å². The third-order valence-corrected chi connectivity index (χ3v) is 2.27. The van der Waals surface area contributed by atoms with E-state index in [4.69, 9.17) is 5.26 Å². The molecule has 4 heteroatoms. The van der Waals surface area contributed by atoms with E-state index in [1.54, 1.807) is 12.1 Å². The molecule has 1 aromatic carbocycles. The molecule has 1 aromatic rings. The number of nitriles is 1. The van der Waals surface area contributed by atoms with Crippen molar-refractivity contribution < 1.29 is 4.92 Å². The van der Waals surface area contributed by atoms with Gasteiger partial charge < -0.3 is 0 Å². The van der Waals surface area contributed by atoms with Crippen LogP contribution in [0, 0.1) is 27.4 Å². The van der Waals surface area contributed by atoms with Crippen LogP contribution in [0.2, 0.25) is 0 Å². The van der Waals surface area contributed by atoms with Gasteiger partial charge in [0.25, 0.3) is 5.69 Å². The third-order valence-electron chi connectivity index (χ3n) is 2.27. The number of nitro groups is 1. The normalized spacial score (nSPS) is 12.1. The predicted molar refractivity (Wildman–Crippen MR) is 56.3 cm³/mol. The van der Waals surface area contributed by atoms with E-state index in [2.05, 4.69) is 6.07 Å². The Bertz CT molecular complexity index is 390. The Kier molecular flexibility index (Phi) is 3.40. The molecule has 0 aromatic heterocycles. The van der Waals surface area contributed by atoms with Crippen molar-refractivity contribution in [2.75, 3.05) is 0 Å². The van der Waals surface area contributed by atoms with Gasteiger partial charge in [0.05, 0.1) is 16.9 Å². The van der Waals surface area contributed by atoms with Crippen LogP contribution in [-0.4, -0.2) is 4.92 Å². The van der Waals surface area contributed by atoms with Crippen molar-refractivity contribution in [3.63, 3.8) is 0 Å². The van der Waals surface area contributed by atoms with E-state index in [1.165, 1.54) is 12.1 Å². The molecule has 15 heavy (non-hydrogen) atoms. The smallest absolute Gasteiger partial charge is 0.258 e. The van der Waals surface area contributed by atoms with E-state index >= 15 is 0 Å². The van der Waals surface area contributed by atoms with Gasteiger partial charge in [0, 0.05) is 12.1 Å². The highest BCUT2D eigenvalue weighted by molar-refractivity contribution is 5.36. The summed E-state index contributed by atoms with van der Waals surface area (Å²) in [5.74, 6) is 0.00209. The number of hydrogen-bond donors (Lipinski definition) is 0. The molecule has 0 aliphatic heterocycles. The Morgan fingerprint density at radius 1 is 1.33 bits per heavy atom. The van der Waals surface area contributed by atoms with Crippen molar-refractivity contribution in [3.8, 4) is 6.07 Å². The van der Waals surface area contributed by atoms with E-state index < -0.39 is 4.92 Å². The van der Waals surface area contributed by atoms with Crippen molar-refractivity contribution >= 4 is 5.69 Å². The lowest BCUT2D eigenvalue weighted by molar-refractivity contribution is -0.384. The maximum atomic E-state index is 10.4. The molecule has 0 N–H and O–H groups in total. The average molecular weight is 204 g/mol. The molecule has 0 spiro atoms. The lowest BCUT2D eigenvalue weighted by Gasteiger charge is -2.12. The molecule has 0 radical (unpaired) electrons. The fourth-order valence-electron chi connectivity index (χ4n) is 1.41. The van der Waals surface area contributed by atoms with Gasteiger partial charge in [-0.1, -0.05) is 26.0 Å². The van der Waals surface area contributed by atoms with Crippen LogP contribution in [0.1, 0.15) is 25.3 Å². The zero-order valence-corrected chi connectivity index (χ0v) is 8.68. The van der Waals surface area contributed by atoms with Gasteiger partial charge in [0.2, 0.25) is 0 Å². The van der Waals surface area contributed by atoms with Gasteiger partial charge in [-0.2, -0.15) is 5.26 Å². The molecule has 0 saturated heterocycles. The second-order valence-corrected chi connectivity index (χ2v) is 3.70. The van der Waals surface area contributed by atoms with Crippen molar-refractivity contribution in [2.45, 2.75) is 19.8 Å². The van der Waals surface area contributed by atoms with E-state index in [0.29, 0.717) is 0 Å². The maximum absolute atomic E-state index is 10.4. The molecule has 0 saturated carbocycles. The summed E-state index contributed by atoms with van der Waals surface area (Å²) < 4.78 is 0. The van der Waals surface area contributed by atoms with Crippen molar-refractivity contribution in [3.05, 3.63) is 39.9 Å². The van der Waals surface area contributed by atoms with Crippen molar-refractivity contribution in [2.24, 2.45) is 5.92 Å². The van der Waals surface area contributed by atoms with E-state index in [-0.39, 0.29) is 17.5 Å². The molecule has 0 aliphatic carbocycles. The van der Waals surface area contributed by atoms with Crippen LogP contribution in [0.15, 0.2) is 24.3 Å². The Hall–Kier alpha value is -1.89. The summed E-state index contributed by atoms with van der Waals surface area (Å²) in [4.78, 5) is 9.98. The van der Waals surface area contributed by atoms with Gasteiger partial charge in [-0.3, -0.25) is 10.1 Å². The van der Waals surface area contributed by atoms with Crippen molar-refractivity contribution in [1.82, 2.24) is 0 Å². The highest BCUT2D eigenvalue weighted by Gasteiger charge is 2.15. The third kappa shape index (κ3) is 2.53. The lowest BCUT2D eigenvalue weighted by Crippen LogP contribution is -2.03. The van der Waals surface area contributed by atoms with Gasteiger partial charge >= 0.3 is 0 Å². The summed E-state index contributed by atoms with van der Waals surface area (Å²) in [5, 5.41) is 19.4. The summed E-state index contributed by atoms with van der Waals surface area (Å²) in [6, 6.07) is 8.35. The first-order valence-corrected chi connectivity index (χ1v) is 4.70. The first-order valence-electron chi connectivity index (χ1n) is 4.70. The molecule has 1 atom stereocenters. The first-order chi connectivity index (χ1) is 7.06. The second kappa shape index (κ2) is 4.56. The Morgan fingerprint density at radius 2 is 1.87 bits per heavy atom. The minimum atomic E-state index is -0.444. The van der Waals surface area contributed by atoms with Crippen LogP contribution in [0.4, 0.5) is 5.69 Å². The SMILES string of the molecule is CC(C)[C@@H](C#N)c1ccc([N+](=O)[O-])cc1. The zero-order chi connectivity index (χ0) is 11.4. The number of benzene rings is 1. The van der Waals surface area contributed by atoms with Crippen molar-refractivity contribution in [1.29, 1.82) is 5.26 Å². The number of non-ortho nitro benzene ring substituents is 1. The highest BCUT2D eigenvalue weighted by atomic mass is 16.6. The monoisotopic (exact) mass is 204 g/mol. The number of rotatable bonds is 3. The minimum absolute atomic E-state index is 0.0548. The summed E-state index contributed by atoms with van der Waals surface area (Å²) in [5.41, 5.74) is 0.886. The molecule has 78 valence electrons. The zero-order valence-electron chi connectivity index (χ0n) is 8.68. The molecule has 0 amide bonds. The van der Waals surface area contributed by atoms with Gasteiger partial charge in [-0.25, -0.2) is 0 Å². The quantitative estimate of drug-likeness (QED) is 0.561. The molecule has 0 bridgehead atoms. The molecule has 1 rings (SSSR count). The largest absolute Gasteiger partial charge is 0.269 e.